The molecule has 0 aromatic heterocycles. The molecule has 0 radical (unpaired) electrons. The van der Waals surface area contributed by atoms with E-state index in [0.29, 0.717) is 21.5 Å². The lowest BCUT2D eigenvalue weighted by molar-refractivity contribution is -0.128. The molecule has 12 heteroatoms. The van der Waals surface area contributed by atoms with Crippen molar-refractivity contribution in [3.8, 4) is 23.0 Å². The van der Waals surface area contributed by atoms with Gasteiger partial charge in [0.1, 0.15) is 24.6 Å². The van der Waals surface area contributed by atoms with Gasteiger partial charge in [-0.3, -0.25) is 10.0 Å². The maximum atomic E-state index is 13.5. The van der Waals surface area contributed by atoms with Gasteiger partial charge in [0.15, 0.2) is 23.0 Å². The number of carbonyl (C=O) groups excluding carboxylic acids is 2. The van der Waals surface area contributed by atoms with Crippen LogP contribution in [0.1, 0.15) is 12.8 Å². The molecule has 10 nitrogen and oxygen atoms in total. The summed E-state index contributed by atoms with van der Waals surface area (Å²) in [5.74, 6) is -0.0411. The average Bonchev–Trinajstić information content (AvgIpc) is 3.70. The Bertz CT molecular complexity index is 1710. The largest absolute Gasteiger partial charge is 0.487 e. The molecule has 0 saturated heterocycles. The summed E-state index contributed by atoms with van der Waals surface area (Å²) in [5.41, 5.74) is 1.85. The van der Waals surface area contributed by atoms with Gasteiger partial charge in [-0.05, 0) is 72.8 Å². The van der Waals surface area contributed by atoms with Crippen molar-refractivity contribution in [2.45, 2.75) is 24.9 Å². The van der Waals surface area contributed by atoms with Crippen molar-refractivity contribution in [2.75, 3.05) is 23.2 Å². The Balaban J connectivity index is 1.24. The van der Waals surface area contributed by atoms with E-state index in [2.05, 4.69) is 10.2 Å². The molecule has 0 saturated carbocycles. The van der Waals surface area contributed by atoms with Crippen LogP contribution in [0.15, 0.2) is 107 Å². The highest BCUT2D eigenvalue weighted by molar-refractivity contribution is 6.38. The zero-order valence-corrected chi connectivity index (χ0v) is 25.7. The number of hydrogen-bond acceptors (Lipinski definition) is 10. The van der Waals surface area contributed by atoms with Crippen molar-refractivity contribution in [2.24, 2.45) is 10.2 Å². The summed E-state index contributed by atoms with van der Waals surface area (Å²) >= 11 is 12.3. The molecule has 0 aliphatic carbocycles. The van der Waals surface area contributed by atoms with Crippen LogP contribution in [-0.2, 0) is 9.59 Å². The third kappa shape index (κ3) is 6.22. The first-order valence-electron chi connectivity index (χ1n) is 14.5. The number of benzene rings is 4. The molecular formula is C34H26Cl2N4O6. The highest BCUT2D eigenvalue weighted by Gasteiger charge is 2.36. The van der Waals surface area contributed by atoms with E-state index in [1.807, 2.05) is 24.3 Å². The first-order valence-corrected chi connectivity index (χ1v) is 15.3. The van der Waals surface area contributed by atoms with Crippen LogP contribution >= 0.6 is 23.2 Å². The number of carbonyl (C=O) groups is 2. The SMILES string of the molecule is O=C1Oc2ccccc2OCC2CC(=NN2c2ccc(Cl)cc2)C(=O)Oc2ccccc2OCC2CC1=NN2c1ccc(Cl)cc1. The average molecular weight is 658 g/mol. The van der Waals surface area contributed by atoms with Gasteiger partial charge in [0.25, 0.3) is 0 Å². The number of halogens is 2. The van der Waals surface area contributed by atoms with Crippen LogP contribution in [0.3, 0.4) is 0 Å². The van der Waals surface area contributed by atoms with Crippen LogP contribution < -0.4 is 29.0 Å². The molecule has 3 aliphatic heterocycles. The Morgan fingerprint density at radius 2 is 0.913 bits per heavy atom. The number of esters is 2. The molecule has 4 aromatic carbocycles. The second-order valence-electron chi connectivity index (χ2n) is 10.7. The number of nitrogens with zero attached hydrogens (tertiary/aromatic N) is 4. The van der Waals surface area contributed by atoms with Crippen molar-refractivity contribution >= 4 is 57.9 Å². The van der Waals surface area contributed by atoms with Gasteiger partial charge in [-0.25, -0.2) is 9.59 Å². The fraction of sp³-hybridized carbons (Fsp3) is 0.176. The van der Waals surface area contributed by atoms with E-state index in [-0.39, 0.29) is 61.1 Å². The standard InChI is InChI=1S/C34H26Cl2N4O6/c35-21-9-13-23(14-10-21)39-25-17-28(38-39)34(42)46-32-8-4-2-6-30(32)44-20-26-18-27(37-40(26)24-15-11-22(36)12-16-24)33(41)45-31-7-3-1-5-29(31)43-19-25/h1-16,25-26H,17-20H2. The lowest BCUT2D eigenvalue weighted by Crippen LogP contribution is -2.33. The van der Waals surface area contributed by atoms with E-state index in [9.17, 15) is 9.59 Å². The van der Waals surface area contributed by atoms with Crippen LogP contribution in [0, 0.1) is 0 Å². The quantitative estimate of drug-likeness (QED) is 0.177. The molecule has 2 atom stereocenters. The first-order chi connectivity index (χ1) is 22.4. The highest BCUT2D eigenvalue weighted by Crippen LogP contribution is 2.34. The summed E-state index contributed by atoms with van der Waals surface area (Å²) in [6.45, 7) is 0.231. The zero-order valence-electron chi connectivity index (χ0n) is 24.2. The summed E-state index contributed by atoms with van der Waals surface area (Å²) in [6, 6.07) is 27.2. The van der Waals surface area contributed by atoms with Crippen LogP contribution in [0.25, 0.3) is 0 Å². The van der Waals surface area contributed by atoms with Crippen molar-refractivity contribution in [1.82, 2.24) is 0 Å². The van der Waals surface area contributed by atoms with Crippen LogP contribution in [0.4, 0.5) is 11.4 Å². The van der Waals surface area contributed by atoms with E-state index in [4.69, 9.17) is 42.1 Å². The number of ether oxygens (including phenoxy) is 4. The lowest BCUT2D eigenvalue weighted by Gasteiger charge is -2.24. The highest BCUT2D eigenvalue weighted by atomic mass is 35.5. The van der Waals surface area contributed by atoms with Crippen molar-refractivity contribution in [1.29, 1.82) is 0 Å². The number of hydrogen-bond donors (Lipinski definition) is 0. The van der Waals surface area contributed by atoms with E-state index >= 15 is 0 Å². The van der Waals surface area contributed by atoms with Gasteiger partial charge in [-0.1, -0.05) is 47.5 Å². The summed E-state index contributed by atoms with van der Waals surface area (Å²) in [5, 5.41) is 13.8. The topological polar surface area (TPSA) is 102 Å². The summed E-state index contributed by atoms with van der Waals surface area (Å²) in [7, 11) is 0. The molecule has 0 N–H and O–H groups in total. The Morgan fingerprint density at radius 1 is 0.543 bits per heavy atom. The Morgan fingerprint density at radius 3 is 1.30 bits per heavy atom. The third-order valence-electron chi connectivity index (χ3n) is 7.63. The summed E-state index contributed by atoms with van der Waals surface area (Å²) in [6.07, 6.45) is 0.475. The minimum absolute atomic E-state index is 0.116. The van der Waals surface area contributed by atoms with Crippen LogP contribution in [0.5, 0.6) is 23.0 Å². The predicted octanol–water partition coefficient (Wildman–Crippen LogP) is 6.55. The maximum Gasteiger partial charge on any atom is 0.360 e. The molecule has 4 bridgehead atoms. The molecule has 46 heavy (non-hydrogen) atoms. The number of hydrazone groups is 2. The molecule has 0 spiro atoms. The minimum atomic E-state index is -0.609. The second kappa shape index (κ2) is 12.7. The van der Waals surface area contributed by atoms with Crippen molar-refractivity contribution in [3.05, 3.63) is 107 Å². The number of para-hydroxylation sites is 4. The van der Waals surface area contributed by atoms with E-state index in [0.717, 1.165) is 11.4 Å². The van der Waals surface area contributed by atoms with E-state index < -0.39 is 11.9 Å². The number of fused-ring (bicyclic) bond motifs is 6. The maximum absolute atomic E-state index is 13.5. The Labute approximate surface area is 274 Å². The normalized spacial score (nSPS) is 19.7. The first kappa shape index (κ1) is 29.6. The number of anilines is 2. The van der Waals surface area contributed by atoms with Crippen molar-refractivity contribution in [3.63, 3.8) is 0 Å². The lowest BCUT2D eigenvalue weighted by atomic mass is 10.1. The molecule has 232 valence electrons. The minimum Gasteiger partial charge on any atom is -0.487 e. The van der Waals surface area contributed by atoms with Gasteiger partial charge in [-0.2, -0.15) is 10.2 Å². The molecule has 7 rings (SSSR count). The molecular weight excluding hydrogens is 631 g/mol. The predicted molar refractivity (Wildman–Crippen MR) is 175 cm³/mol. The molecule has 3 heterocycles. The van der Waals surface area contributed by atoms with Crippen molar-refractivity contribution < 1.29 is 28.5 Å². The smallest absolute Gasteiger partial charge is 0.360 e. The zero-order chi connectivity index (χ0) is 31.6. The van der Waals surface area contributed by atoms with Gasteiger partial charge >= 0.3 is 11.9 Å². The van der Waals surface area contributed by atoms with Crippen LogP contribution in [0.2, 0.25) is 10.0 Å². The van der Waals surface area contributed by atoms with Gasteiger partial charge in [-0.15, -0.1) is 0 Å². The fourth-order valence-electron chi connectivity index (χ4n) is 5.35. The van der Waals surface area contributed by atoms with Gasteiger partial charge in [0, 0.05) is 22.9 Å². The third-order valence-corrected chi connectivity index (χ3v) is 8.13. The second-order valence-corrected chi connectivity index (χ2v) is 11.6. The number of rotatable bonds is 2. The monoisotopic (exact) mass is 656 g/mol. The summed E-state index contributed by atoms with van der Waals surface area (Å²) in [4.78, 5) is 27.0. The Kier molecular flexibility index (Phi) is 8.21. The molecule has 0 amide bonds. The fourth-order valence-corrected chi connectivity index (χ4v) is 5.61. The van der Waals surface area contributed by atoms with Gasteiger partial charge in [0.05, 0.1) is 23.5 Å². The van der Waals surface area contributed by atoms with E-state index in [1.54, 1.807) is 82.8 Å². The van der Waals surface area contributed by atoms with E-state index in [1.165, 1.54) is 0 Å². The molecule has 3 aliphatic rings. The van der Waals surface area contributed by atoms with Gasteiger partial charge in [0.2, 0.25) is 0 Å². The molecule has 0 fully saturated rings. The van der Waals surface area contributed by atoms with Gasteiger partial charge < -0.3 is 18.9 Å². The molecule has 2 unspecified atom stereocenters. The van der Waals surface area contributed by atoms with Crippen LogP contribution in [-0.4, -0.2) is 48.7 Å². The Hall–Kier alpha value is -5.06. The summed E-state index contributed by atoms with van der Waals surface area (Å²) < 4.78 is 24.1. The molecule has 4 aromatic rings.